The number of nitrogens with one attached hydrogen (secondary N) is 1. The number of carbonyl (C=O) groups excluding carboxylic acids is 1. The van der Waals surface area contributed by atoms with Crippen molar-refractivity contribution in [3.63, 3.8) is 0 Å². The van der Waals surface area contributed by atoms with Crippen molar-refractivity contribution in [2.45, 2.75) is 0 Å². The lowest BCUT2D eigenvalue weighted by Gasteiger charge is -2.12. The molecule has 8 nitrogen and oxygen atoms in total. The van der Waals surface area contributed by atoms with Gasteiger partial charge in [0.2, 0.25) is 18.4 Å². The van der Waals surface area contributed by atoms with E-state index in [0.717, 1.165) is 15.8 Å². The van der Waals surface area contributed by atoms with Gasteiger partial charge in [-0.25, -0.2) is 4.98 Å². The lowest BCUT2D eigenvalue weighted by atomic mass is 10.1. The van der Waals surface area contributed by atoms with Crippen LogP contribution >= 0.6 is 11.3 Å². The predicted octanol–water partition coefficient (Wildman–Crippen LogP) is 3.70. The van der Waals surface area contributed by atoms with Crippen LogP contribution in [0.3, 0.4) is 0 Å². The molecule has 1 amide bonds. The summed E-state index contributed by atoms with van der Waals surface area (Å²) in [7, 11) is 4.61. The SMILES string of the molecule is COc1cc(/C=C\C(=O)Nc2nc3cc4c(cc3s2)OCO4)cc(OC)c1OC. The number of methoxy groups -OCH3 is 3. The molecule has 0 radical (unpaired) electrons. The highest BCUT2D eigenvalue weighted by atomic mass is 32.1. The molecule has 150 valence electrons. The van der Waals surface area contributed by atoms with Gasteiger partial charge in [-0.2, -0.15) is 0 Å². The van der Waals surface area contributed by atoms with E-state index in [-0.39, 0.29) is 12.7 Å². The van der Waals surface area contributed by atoms with Gasteiger partial charge in [0.25, 0.3) is 0 Å². The Bertz CT molecular complexity index is 1040. The van der Waals surface area contributed by atoms with Crippen LogP contribution in [0.5, 0.6) is 28.7 Å². The molecule has 2 heterocycles. The number of aromatic nitrogens is 1. The lowest BCUT2D eigenvalue weighted by Crippen LogP contribution is -2.07. The van der Waals surface area contributed by atoms with Gasteiger partial charge in [0.15, 0.2) is 28.1 Å². The van der Waals surface area contributed by atoms with Crippen LogP contribution in [0, 0.1) is 0 Å². The zero-order valence-corrected chi connectivity index (χ0v) is 16.8. The van der Waals surface area contributed by atoms with Gasteiger partial charge in [-0.15, -0.1) is 0 Å². The molecule has 0 spiro atoms. The van der Waals surface area contributed by atoms with Crippen LogP contribution in [0.2, 0.25) is 0 Å². The van der Waals surface area contributed by atoms with Gasteiger partial charge in [0, 0.05) is 18.2 Å². The summed E-state index contributed by atoms with van der Waals surface area (Å²) in [5.41, 5.74) is 1.47. The maximum atomic E-state index is 12.3. The van der Waals surface area contributed by atoms with Crippen LogP contribution in [0.1, 0.15) is 5.56 Å². The van der Waals surface area contributed by atoms with Crippen LogP contribution < -0.4 is 29.0 Å². The monoisotopic (exact) mass is 414 g/mol. The molecule has 3 aromatic rings. The van der Waals surface area contributed by atoms with Crippen molar-refractivity contribution < 1.29 is 28.5 Å². The van der Waals surface area contributed by atoms with Crippen molar-refractivity contribution in [1.82, 2.24) is 4.98 Å². The number of hydrogen-bond donors (Lipinski definition) is 1. The molecule has 1 aromatic heterocycles. The van der Waals surface area contributed by atoms with Gasteiger partial charge in [-0.05, 0) is 23.8 Å². The van der Waals surface area contributed by atoms with E-state index in [0.29, 0.717) is 33.9 Å². The topological polar surface area (TPSA) is 88.1 Å². The summed E-state index contributed by atoms with van der Waals surface area (Å²) in [5, 5.41) is 3.26. The van der Waals surface area contributed by atoms with Crippen LogP contribution in [-0.2, 0) is 4.79 Å². The Balaban J connectivity index is 1.51. The van der Waals surface area contributed by atoms with Crippen molar-refractivity contribution in [3.05, 3.63) is 35.9 Å². The molecule has 1 aliphatic rings. The highest BCUT2D eigenvalue weighted by Crippen LogP contribution is 2.39. The van der Waals surface area contributed by atoms with E-state index in [1.54, 1.807) is 24.3 Å². The van der Waals surface area contributed by atoms with Crippen molar-refractivity contribution in [1.29, 1.82) is 0 Å². The van der Waals surface area contributed by atoms with Gasteiger partial charge < -0.3 is 23.7 Å². The Labute approximate surface area is 170 Å². The van der Waals surface area contributed by atoms with Crippen molar-refractivity contribution >= 4 is 38.7 Å². The maximum absolute atomic E-state index is 12.3. The number of nitrogens with zero attached hydrogens (tertiary/aromatic N) is 1. The molecule has 2 aromatic carbocycles. The zero-order valence-electron chi connectivity index (χ0n) is 16.0. The summed E-state index contributed by atoms with van der Waals surface area (Å²) in [5.74, 6) is 2.54. The molecular formula is C20H18N2O6S. The Morgan fingerprint density at radius 3 is 2.41 bits per heavy atom. The average molecular weight is 414 g/mol. The van der Waals surface area contributed by atoms with Gasteiger partial charge in [0.05, 0.1) is 31.5 Å². The second-order valence-corrected chi connectivity index (χ2v) is 7.00. The minimum absolute atomic E-state index is 0.210. The second kappa shape index (κ2) is 7.88. The van der Waals surface area contributed by atoms with Crippen LogP contribution in [0.15, 0.2) is 30.3 Å². The molecule has 0 unspecified atom stereocenters. The van der Waals surface area contributed by atoms with E-state index in [1.165, 1.54) is 38.7 Å². The molecule has 4 rings (SSSR count). The van der Waals surface area contributed by atoms with Crippen molar-refractivity contribution in [2.75, 3.05) is 33.4 Å². The molecule has 1 aliphatic heterocycles. The summed E-state index contributed by atoms with van der Waals surface area (Å²) in [6, 6.07) is 7.17. The molecule has 0 saturated carbocycles. The van der Waals surface area contributed by atoms with E-state index in [4.69, 9.17) is 23.7 Å². The van der Waals surface area contributed by atoms with Crippen LogP contribution in [0.25, 0.3) is 16.3 Å². The molecule has 29 heavy (non-hydrogen) atoms. The fourth-order valence-electron chi connectivity index (χ4n) is 2.89. The molecule has 0 bridgehead atoms. The summed E-state index contributed by atoms with van der Waals surface area (Å²) in [4.78, 5) is 16.8. The number of thiazole rings is 1. The zero-order chi connectivity index (χ0) is 20.4. The fraction of sp³-hybridized carbons (Fsp3) is 0.200. The summed E-state index contributed by atoms with van der Waals surface area (Å²) < 4.78 is 27.6. The van der Waals surface area contributed by atoms with E-state index >= 15 is 0 Å². The molecule has 0 fully saturated rings. The fourth-order valence-corrected chi connectivity index (χ4v) is 3.77. The summed E-state index contributed by atoms with van der Waals surface area (Å²) in [6.07, 6.45) is 3.07. The molecule has 9 heteroatoms. The highest BCUT2D eigenvalue weighted by molar-refractivity contribution is 7.22. The minimum atomic E-state index is -0.308. The first-order valence-electron chi connectivity index (χ1n) is 8.60. The number of benzene rings is 2. The van der Waals surface area contributed by atoms with E-state index < -0.39 is 0 Å². The lowest BCUT2D eigenvalue weighted by molar-refractivity contribution is -0.111. The number of fused-ring (bicyclic) bond motifs is 2. The second-order valence-electron chi connectivity index (χ2n) is 5.97. The molecule has 0 aliphatic carbocycles. The first kappa shape index (κ1) is 18.9. The highest BCUT2D eigenvalue weighted by Gasteiger charge is 2.17. The van der Waals surface area contributed by atoms with Gasteiger partial charge >= 0.3 is 0 Å². The first-order valence-corrected chi connectivity index (χ1v) is 9.42. The Morgan fingerprint density at radius 2 is 1.76 bits per heavy atom. The van der Waals surface area contributed by atoms with E-state index in [1.807, 2.05) is 6.07 Å². The molecule has 1 N–H and O–H groups in total. The van der Waals surface area contributed by atoms with Crippen LogP contribution in [0.4, 0.5) is 5.13 Å². The third-order valence-electron chi connectivity index (χ3n) is 4.23. The number of ether oxygens (including phenoxy) is 5. The smallest absolute Gasteiger partial charge is 0.250 e. The van der Waals surface area contributed by atoms with Crippen LogP contribution in [-0.4, -0.2) is 39.0 Å². The minimum Gasteiger partial charge on any atom is -0.493 e. The van der Waals surface area contributed by atoms with Gasteiger partial charge in [0.1, 0.15) is 0 Å². The Hall–Kier alpha value is -3.46. The molecule has 0 atom stereocenters. The largest absolute Gasteiger partial charge is 0.493 e. The number of carbonyl (C=O) groups is 1. The first-order chi connectivity index (χ1) is 14.1. The maximum Gasteiger partial charge on any atom is 0.250 e. The quantitative estimate of drug-likeness (QED) is 0.615. The van der Waals surface area contributed by atoms with E-state index in [2.05, 4.69) is 10.3 Å². The number of anilines is 1. The van der Waals surface area contributed by atoms with Crippen molar-refractivity contribution in [2.24, 2.45) is 0 Å². The summed E-state index contributed by atoms with van der Waals surface area (Å²) in [6.45, 7) is 0.210. The Kier molecular flexibility index (Phi) is 5.13. The van der Waals surface area contributed by atoms with E-state index in [9.17, 15) is 4.79 Å². The number of rotatable bonds is 6. The number of amides is 1. The Morgan fingerprint density at radius 1 is 1.07 bits per heavy atom. The molecule has 0 saturated heterocycles. The summed E-state index contributed by atoms with van der Waals surface area (Å²) >= 11 is 1.36. The third kappa shape index (κ3) is 3.77. The van der Waals surface area contributed by atoms with Gasteiger partial charge in [-0.1, -0.05) is 11.3 Å². The average Bonchev–Trinajstić information content (AvgIpc) is 3.34. The van der Waals surface area contributed by atoms with Crippen molar-refractivity contribution in [3.8, 4) is 28.7 Å². The predicted molar refractivity (Wildman–Crippen MR) is 110 cm³/mol. The van der Waals surface area contributed by atoms with Gasteiger partial charge in [-0.3, -0.25) is 10.1 Å². The molecular weight excluding hydrogens is 396 g/mol. The standard InChI is InChI=1S/C20H18N2O6S/c1-24-15-6-11(7-16(25-2)19(15)26-3)4-5-18(23)22-20-21-12-8-13-14(28-10-27-13)9-17(12)29-20/h4-9H,10H2,1-3H3,(H,21,22,23)/b5-4-. The number of hydrogen-bond acceptors (Lipinski definition) is 8. The normalized spacial score (nSPS) is 12.4. The third-order valence-corrected chi connectivity index (χ3v) is 5.16.